The van der Waals surface area contributed by atoms with Crippen molar-refractivity contribution >= 4 is 11.8 Å². The number of carbonyl (C=O) groups excluding carboxylic acids is 2. The van der Waals surface area contributed by atoms with Crippen LogP contribution < -0.4 is 11.1 Å². The quantitative estimate of drug-likeness (QED) is 0.702. The molecule has 1 rings (SSSR count). The summed E-state index contributed by atoms with van der Waals surface area (Å²) in [5.41, 5.74) is 5.93. The fourth-order valence-corrected chi connectivity index (χ4v) is 2.21. The molecule has 20 heavy (non-hydrogen) atoms. The molecule has 3 N–H and O–H groups in total. The van der Waals surface area contributed by atoms with E-state index in [4.69, 9.17) is 10.5 Å². The van der Waals surface area contributed by atoms with Crippen molar-refractivity contribution in [2.24, 2.45) is 5.73 Å². The molecule has 0 aromatic rings. The molecule has 1 unspecified atom stereocenters. The molecular formula is C14H27N3O3. The molecule has 1 aliphatic rings. The summed E-state index contributed by atoms with van der Waals surface area (Å²) < 4.78 is 5.33. The smallest absolute Gasteiger partial charge is 0.245 e. The van der Waals surface area contributed by atoms with E-state index in [-0.39, 0.29) is 18.4 Å². The molecule has 0 bridgehead atoms. The number of hydrogen-bond acceptors (Lipinski definition) is 4. The zero-order valence-corrected chi connectivity index (χ0v) is 12.6. The monoisotopic (exact) mass is 285 g/mol. The minimum absolute atomic E-state index is 0.140. The molecule has 2 amide bonds. The lowest BCUT2D eigenvalue weighted by atomic mass is 10.1. The molecule has 0 radical (unpaired) electrons. The maximum absolute atomic E-state index is 12.4. The Morgan fingerprint density at radius 1 is 1.40 bits per heavy atom. The number of carbonyl (C=O) groups is 2. The van der Waals surface area contributed by atoms with E-state index in [9.17, 15) is 9.59 Å². The van der Waals surface area contributed by atoms with E-state index in [0.717, 1.165) is 19.3 Å². The van der Waals surface area contributed by atoms with E-state index < -0.39 is 12.1 Å². The molecule has 1 saturated heterocycles. The Kier molecular flexibility index (Phi) is 7.54. The third-order valence-corrected chi connectivity index (χ3v) is 3.45. The Hall–Kier alpha value is -1.14. The van der Waals surface area contributed by atoms with Gasteiger partial charge in [-0.1, -0.05) is 26.7 Å². The molecule has 6 heteroatoms. The van der Waals surface area contributed by atoms with E-state index in [1.54, 1.807) is 4.90 Å². The number of morpholine rings is 1. The Labute approximate surface area is 121 Å². The number of unbranched alkanes of at least 4 members (excludes halogenated alkanes) is 1. The number of nitrogens with two attached hydrogens (primary N) is 1. The summed E-state index contributed by atoms with van der Waals surface area (Å²) in [6, 6.07) is -1.06. The maximum atomic E-state index is 12.4. The fraction of sp³-hybridized carbons (Fsp3) is 0.857. The Morgan fingerprint density at radius 3 is 2.80 bits per heavy atom. The molecule has 0 aromatic carbocycles. The zero-order chi connectivity index (χ0) is 15.0. The van der Waals surface area contributed by atoms with E-state index in [2.05, 4.69) is 12.2 Å². The first kappa shape index (κ1) is 16.9. The summed E-state index contributed by atoms with van der Waals surface area (Å²) in [6.45, 7) is 5.81. The predicted octanol–water partition coefficient (Wildman–Crippen LogP) is 0.258. The van der Waals surface area contributed by atoms with Crippen molar-refractivity contribution in [2.45, 2.75) is 51.6 Å². The normalized spacial score (nSPS) is 20.6. The van der Waals surface area contributed by atoms with Crippen molar-refractivity contribution in [3.63, 3.8) is 0 Å². The van der Waals surface area contributed by atoms with Gasteiger partial charge in [0.15, 0.2) is 0 Å². The van der Waals surface area contributed by atoms with Gasteiger partial charge in [0, 0.05) is 13.1 Å². The number of rotatable bonds is 7. The van der Waals surface area contributed by atoms with Gasteiger partial charge in [-0.15, -0.1) is 0 Å². The highest BCUT2D eigenvalue weighted by molar-refractivity contribution is 5.90. The van der Waals surface area contributed by atoms with Gasteiger partial charge in [-0.3, -0.25) is 9.59 Å². The highest BCUT2D eigenvalue weighted by Gasteiger charge is 2.34. The van der Waals surface area contributed by atoms with Crippen LogP contribution in [0.3, 0.4) is 0 Å². The van der Waals surface area contributed by atoms with Gasteiger partial charge < -0.3 is 20.7 Å². The van der Waals surface area contributed by atoms with Crippen LogP contribution in [0.1, 0.15) is 39.5 Å². The van der Waals surface area contributed by atoms with Gasteiger partial charge in [0.2, 0.25) is 11.8 Å². The highest BCUT2D eigenvalue weighted by Crippen LogP contribution is 2.11. The maximum Gasteiger partial charge on any atom is 0.245 e. The number of nitrogens with one attached hydrogen (secondary N) is 1. The molecule has 0 aliphatic carbocycles. The number of amides is 2. The van der Waals surface area contributed by atoms with Gasteiger partial charge in [0.05, 0.1) is 19.3 Å². The summed E-state index contributed by atoms with van der Waals surface area (Å²) in [5.74, 6) is -0.291. The molecule has 1 fully saturated rings. The largest absolute Gasteiger partial charge is 0.377 e. The fourth-order valence-electron chi connectivity index (χ4n) is 2.21. The van der Waals surface area contributed by atoms with Crippen LogP contribution in [0.5, 0.6) is 0 Å². The standard InChI is InChI=1S/C14H27N3O3/c1-3-5-6-11(15)14(19)17-8-9-20-10-12(17)13(18)16-7-4-2/h11-12H,3-10,15H2,1-2H3,(H,16,18)/t11-,12?/m0/s1. The summed E-state index contributed by atoms with van der Waals surface area (Å²) in [6.07, 6.45) is 3.45. The van der Waals surface area contributed by atoms with Crippen LogP contribution in [0.2, 0.25) is 0 Å². The molecule has 0 aromatic heterocycles. The third kappa shape index (κ3) is 4.76. The van der Waals surface area contributed by atoms with Crippen molar-refractivity contribution in [1.29, 1.82) is 0 Å². The van der Waals surface area contributed by atoms with Gasteiger partial charge in [-0.25, -0.2) is 0 Å². The van der Waals surface area contributed by atoms with Crippen LogP contribution in [-0.2, 0) is 14.3 Å². The van der Waals surface area contributed by atoms with Crippen LogP contribution in [0.15, 0.2) is 0 Å². The molecule has 1 aliphatic heterocycles. The first-order chi connectivity index (χ1) is 9.61. The van der Waals surface area contributed by atoms with Crippen LogP contribution in [0.25, 0.3) is 0 Å². The van der Waals surface area contributed by atoms with Gasteiger partial charge in [0.1, 0.15) is 6.04 Å². The second kappa shape index (κ2) is 8.92. The second-order valence-electron chi connectivity index (χ2n) is 5.16. The predicted molar refractivity (Wildman–Crippen MR) is 77.1 cm³/mol. The van der Waals surface area contributed by atoms with Crippen LogP contribution >= 0.6 is 0 Å². The van der Waals surface area contributed by atoms with Crippen molar-refractivity contribution < 1.29 is 14.3 Å². The lowest BCUT2D eigenvalue weighted by molar-refractivity contribution is -0.149. The van der Waals surface area contributed by atoms with E-state index in [1.807, 2.05) is 6.92 Å². The molecule has 0 spiro atoms. The Bertz CT molecular complexity index is 323. The molecule has 116 valence electrons. The topological polar surface area (TPSA) is 84.7 Å². The van der Waals surface area contributed by atoms with Gasteiger partial charge in [-0.05, 0) is 12.8 Å². The van der Waals surface area contributed by atoms with Gasteiger partial charge in [-0.2, -0.15) is 0 Å². The average Bonchev–Trinajstić information content (AvgIpc) is 2.49. The number of nitrogens with zero attached hydrogens (tertiary/aromatic N) is 1. The lowest BCUT2D eigenvalue weighted by Gasteiger charge is -2.36. The van der Waals surface area contributed by atoms with Gasteiger partial charge >= 0.3 is 0 Å². The van der Waals surface area contributed by atoms with E-state index >= 15 is 0 Å². The Balaban J connectivity index is 2.62. The Morgan fingerprint density at radius 2 is 2.15 bits per heavy atom. The first-order valence-corrected chi connectivity index (χ1v) is 7.53. The van der Waals surface area contributed by atoms with Crippen molar-refractivity contribution in [2.75, 3.05) is 26.3 Å². The average molecular weight is 285 g/mol. The minimum Gasteiger partial charge on any atom is -0.377 e. The number of ether oxygens (including phenoxy) is 1. The van der Waals surface area contributed by atoms with Crippen LogP contribution in [0.4, 0.5) is 0 Å². The van der Waals surface area contributed by atoms with Crippen molar-refractivity contribution in [3.8, 4) is 0 Å². The number of hydrogen-bond donors (Lipinski definition) is 2. The van der Waals surface area contributed by atoms with Gasteiger partial charge in [0.25, 0.3) is 0 Å². The molecule has 1 heterocycles. The summed E-state index contributed by atoms with van der Waals surface area (Å²) >= 11 is 0. The molecular weight excluding hydrogens is 258 g/mol. The zero-order valence-electron chi connectivity index (χ0n) is 12.6. The van der Waals surface area contributed by atoms with E-state index in [0.29, 0.717) is 26.1 Å². The molecule has 6 nitrogen and oxygen atoms in total. The second-order valence-corrected chi connectivity index (χ2v) is 5.16. The van der Waals surface area contributed by atoms with Crippen molar-refractivity contribution in [3.05, 3.63) is 0 Å². The first-order valence-electron chi connectivity index (χ1n) is 7.53. The summed E-state index contributed by atoms with van der Waals surface area (Å²) in [5, 5.41) is 2.82. The van der Waals surface area contributed by atoms with Crippen molar-refractivity contribution in [1.82, 2.24) is 10.2 Å². The van der Waals surface area contributed by atoms with E-state index in [1.165, 1.54) is 0 Å². The summed E-state index contributed by atoms with van der Waals surface area (Å²) in [7, 11) is 0. The minimum atomic E-state index is -0.546. The lowest BCUT2D eigenvalue weighted by Crippen LogP contribution is -2.59. The molecule has 2 atom stereocenters. The molecule has 0 saturated carbocycles. The third-order valence-electron chi connectivity index (χ3n) is 3.45. The summed E-state index contributed by atoms with van der Waals surface area (Å²) in [4.78, 5) is 26.0. The SMILES string of the molecule is CCCC[C@H](N)C(=O)N1CCOCC1C(=O)NCCC. The van der Waals surface area contributed by atoms with Crippen LogP contribution in [-0.4, -0.2) is 55.1 Å². The van der Waals surface area contributed by atoms with Crippen LogP contribution in [0, 0.1) is 0 Å². The highest BCUT2D eigenvalue weighted by atomic mass is 16.5.